The third-order valence-corrected chi connectivity index (χ3v) is 6.00. The number of hydrogen-bond acceptors (Lipinski definition) is 5. The van der Waals surface area contributed by atoms with Crippen molar-refractivity contribution in [3.8, 4) is 28.9 Å². The minimum absolute atomic E-state index is 0.0183. The van der Waals surface area contributed by atoms with Gasteiger partial charge < -0.3 is 10.1 Å². The fourth-order valence-corrected chi connectivity index (χ4v) is 3.64. The van der Waals surface area contributed by atoms with Crippen LogP contribution in [0.25, 0.3) is 16.9 Å². The van der Waals surface area contributed by atoms with Gasteiger partial charge in [-0.15, -0.1) is 5.10 Å². The van der Waals surface area contributed by atoms with Crippen LogP contribution in [0.1, 0.15) is 28.8 Å². The predicted octanol–water partition coefficient (Wildman–Crippen LogP) is 5.24. The molecule has 0 spiro atoms. The van der Waals surface area contributed by atoms with E-state index >= 15 is 0 Å². The molecule has 1 aliphatic rings. The number of amides is 1. The Morgan fingerprint density at radius 1 is 1.27 bits per heavy atom. The van der Waals surface area contributed by atoms with Gasteiger partial charge in [-0.3, -0.25) is 4.79 Å². The number of aryl methyl sites for hydroxylation is 1. The molecule has 1 amide bonds. The number of nitrogens with zero attached hydrogens (tertiary/aromatic N) is 5. The topological polar surface area (TPSA) is 97.8 Å². The Balaban J connectivity index is 1.72. The number of nitrogens with one attached hydrogen (secondary N) is 1. The average molecular weight is 567 g/mol. The van der Waals surface area contributed by atoms with E-state index in [9.17, 15) is 36.4 Å². The number of benzene rings is 1. The van der Waals surface area contributed by atoms with Gasteiger partial charge in [-0.2, -0.15) is 32.3 Å². The van der Waals surface area contributed by atoms with Gasteiger partial charge in [-0.1, -0.05) is 29.3 Å². The SMILES string of the molecule is Cn1nc(OC(F)(F)C(F)Cl)c(C(F)(F)F)c1-n1cc(-c2ccc(Cl)c(C(=O)NC3(C#N)CC3)c2)cn1. The third-order valence-electron chi connectivity index (χ3n) is 5.42. The number of rotatable bonds is 7. The van der Waals surface area contributed by atoms with Gasteiger partial charge in [0.2, 0.25) is 0 Å². The van der Waals surface area contributed by atoms with E-state index in [1.165, 1.54) is 18.2 Å². The van der Waals surface area contributed by atoms with Crippen LogP contribution < -0.4 is 10.1 Å². The largest absolute Gasteiger partial charge is 0.445 e. The van der Waals surface area contributed by atoms with Crippen molar-refractivity contribution in [3.05, 3.63) is 46.7 Å². The normalized spacial score (nSPS) is 15.7. The number of nitriles is 1. The predicted molar refractivity (Wildman–Crippen MR) is 117 cm³/mol. The van der Waals surface area contributed by atoms with Gasteiger partial charge in [0.15, 0.2) is 11.4 Å². The van der Waals surface area contributed by atoms with E-state index in [-0.39, 0.29) is 16.1 Å². The molecule has 16 heteroatoms. The van der Waals surface area contributed by atoms with Crippen molar-refractivity contribution in [2.45, 2.75) is 36.3 Å². The van der Waals surface area contributed by atoms with E-state index in [0.29, 0.717) is 27.8 Å². The van der Waals surface area contributed by atoms with Gasteiger partial charge in [-0.05, 0) is 30.5 Å². The average Bonchev–Trinajstić information content (AvgIpc) is 3.25. The zero-order valence-electron chi connectivity index (χ0n) is 18.5. The fraction of sp³-hybridized carbons (Fsp3) is 0.333. The van der Waals surface area contributed by atoms with Crippen molar-refractivity contribution in [2.24, 2.45) is 7.05 Å². The summed E-state index contributed by atoms with van der Waals surface area (Å²) >= 11 is 10.8. The first kappa shape index (κ1) is 26.6. The molecule has 0 radical (unpaired) electrons. The van der Waals surface area contributed by atoms with E-state index in [2.05, 4.69) is 31.9 Å². The second-order valence-corrected chi connectivity index (χ2v) is 8.90. The maximum absolute atomic E-state index is 13.8. The Morgan fingerprint density at radius 2 is 1.95 bits per heavy atom. The Hall–Kier alpha value is -3.44. The first-order valence-corrected chi connectivity index (χ1v) is 11.1. The zero-order valence-corrected chi connectivity index (χ0v) is 20.0. The first-order valence-electron chi connectivity index (χ1n) is 10.3. The van der Waals surface area contributed by atoms with Crippen molar-refractivity contribution in [3.63, 3.8) is 0 Å². The number of carbonyl (C=O) groups is 1. The van der Waals surface area contributed by atoms with Crippen molar-refractivity contribution >= 4 is 29.1 Å². The molecule has 8 nitrogen and oxygen atoms in total. The maximum atomic E-state index is 13.8. The number of carbonyl (C=O) groups excluding carboxylic acids is 1. The van der Waals surface area contributed by atoms with E-state index in [1.54, 1.807) is 0 Å². The van der Waals surface area contributed by atoms with Crippen LogP contribution in [0.15, 0.2) is 30.6 Å². The van der Waals surface area contributed by atoms with Crippen molar-refractivity contribution in [2.75, 3.05) is 0 Å². The minimum atomic E-state index is -5.26. The molecule has 0 bridgehead atoms. The highest BCUT2D eigenvalue weighted by Crippen LogP contribution is 2.42. The summed E-state index contributed by atoms with van der Waals surface area (Å²) in [6.45, 7) is 0. The third kappa shape index (κ3) is 5.19. The second-order valence-electron chi connectivity index (χ2n) is 8.11. The molecule has 1 fully saturated rings. The van der Waals surface area contributed by atoms with Gasteiger partial charge >= 0.3 is 12.3 Å². The standard InChI is InChI=1S/C21H14Cl2F6N6O2/c1-34-17(14(20(25,26)27)16(33-34)37-21(28,29)18(23)24)35-8-11(7-31-35)10-2-3-13(22)12(6-10)15(36)32-19(9-30)4-5-19/h2-3,6-8,18H,4-5H2,1H3,(H,32,36). The summed E-state index contributed by atoms with van der Waals surface area (Å²) in [6, 6.07) is 6.23. The van der Waals surface area contributed by atoms with Crippen molar-refractivity contribution in [1.82, 2.24) is 24.9 Å². The van der Waals surface area contributed by atoms with Gasteiger partial charge in [0.1, 0.15) is 5.54 Å². The van der Waals surface area contributed by atoms with E-state index in [1.807, 2.05) is 6.07 Å². The summed E-state index contributed by atoms with van der Waals surface area (Å²) in [5.41, 5.74) is -5.58. The van der Waals surface area contributed by atoms with Gasteiger partial charge in [0.05, 0.1) is 22.9 Å². The lowest BCUT2D eigenvalue weighted by Gasteiger charge is -2.17. The number of aromatic nitrogens is 4. The fourth-order valence-electron chi connectivity index (χ4n) is 3.39. The molecular weight excluding hydrogens is 553 g/mol. The Bertz CT molecular complexity index is 1410. The summed E-state index contributed by atoms with van der Waals surface area (Å²) in [5.74, 6) is -3.03. The lowest BCUT2D eigenvalue weighted by Crippen LogP contribution is -2.35. The van der Waals surface area contributed by atoms with Crippen molar-refractivity contribution < 1.29 is 35.9 Å². The van der Waals surface area contributed by atoms with Gasteiger partial charge in [0, 0.05) is 18.8 Å². The van der Waals surface area contributed by atoms with Crippen LogP contribution >= 0.6 is 23.2 Å². The quantitative estimate of drug-likeness (QED) is 0.311. The molecule has 0 aliphatic heterocycles. The molecule has 4 rings (SSSR count). The smallest absolute Gasteiger partial charge is 0.409 e. The molecule has 1 aromatic carbocycles. The van der Waals surface area contributed by atoms with E-state index in [0.717, 1.165) is 19.4 Å². The van der Waals surface area contributed by atoms with Crippen LogP contribution in [0.5, 0.6) is 5.88 Å². The van der Waals surface area contributed by atoms with Crippen molar-refractivity contribution in [1.29, 1.82) is 5.26 Å². The number of hydrogen-bond donors (Lipinski definition) is 1. The maximum Gasteiger partial charge on any atom is 0.445 e. The summed E-state index contributed by atoms with van der Waals surface area (Å²) in [6.07, 6.45) is -6.81. The molecule has 1 atom stereocenters. The van der Waals surface area contributed by atoms with Crippen LogP contribution in [0, 0.1) is 11.3 Å². The lowest BCUT2D eigenvalue weighted by atomic mass is 10.1. The van der Waals surface area contributed by atoms with Crippen LogP contribution in [0.4, 0.5) is 26.3 Å². The van der Waals surface area contributed by atoms with Gasteiger partial charge in [-0.25, -0.2) is 13.8 Å². The molecular formula is C21H14Cl2F6N6O2. The summed E-state index contributed by atoms with van der Waals surface area (Å²) < 4.78 is 86.8. The number of halogens is 8. The molecule has 2 aromatic heterocycles. The summed E-state index contributed by atoms with van der Waals surface area (Å²) in [4.78, 5) is 12.6. The lowest BCUT2D eigenvalue weighted by molar-refractivity contribution is -0.205. The highest BCUT2D eigenvalue weighted by molar-refractivity contribution is 6.34. The van der Waals surface area contributed by atoms with Crippen LogP contribution in [0.3, 0.4) is 0 Å². The number of ether oxygens (including phenoxy) is 1. The zero-order chi connectivity index (χ0) is 27.3. The Kier molecular flexibility index (Phi) is 6.58. The highest BCUT2D eigenvalue weighted by Gasteiger charge is 2.48. The monoisotopic (exact) mass is 566 g/mol. The first-order chi connectivity index (χ1) is 17.2. The molecule has 1 N–H and O–H groups in total. The molecule has 196 valence electrons. The minimum Gasteiger partial charge on any atom is -0.409 e. The van der Waals surface area contributed by atoms with Crippen LogP contribution in [-0.2, 0) is 13.2 Å². The highest BCUT2D eigenvalue weighted by atomic mass is 35.5. The second kappa shape index (κ2) is 9.14. The number of alkyl halides is 7. The van der Waals surface area contributed by atoms with Crippen LogP contribution in [0.2, 0.25) is 5.02 Å². The van der Waals surface area contributed by atoms with E-state index in [4.69, 9.17) is 11.6 Å². The molecule has 1 saturated carbocycles. The summed E-state index contributed by atoms with van der Waals surface area (Å²) in [7, 11) is 1.01. The summed E-state index contributed by atoms with van der Waals surface area (Å²) in [5, 5.41) is 19.0. The van der Waals surface area contributed by atoms with Crippen LogP contribution in [-0.4, -0.2) is 42.7 Å². The molecule has 1 unspecified atom stereocenters. The Labute approximate surface area is 214 Å². The molecule has 1 aliphatic carbocycles. The van der Waals surface area contributed by atoms with E-state index < -0.39 is 46.6 Å². The molecule has 2 heterocycles. The molecule has 0 saturated heterocycles. The Morgan fingerprint density at radius 3 is 2.51 bits per heavy atom. The van der Waals surface area contributed by atoms with Gasteiger partial charge in [0.25, 0.3) is 17.4 Å². The molecule has 3 aromatic rings. The molecule has 37 heavy (non-hydrogen) atoms.